The maximum absolute atomic E-state index is 12.1. The van der Waals surface area contributed by atoms with Crippen LogP contribution in [0.2, 0.25) is 5.02 Å². The lowest BCUT2D eigenvalue weighted by molar-refractivity contribution is -0.120. The van der Waals surface area contributed by atoms with Crippen molar-refractivity contribution in [3.63, 3.8) is 0 Å². The van der Waals surface area contributed by atoms with Gasteiger partial charge in [0, 0.05) is 25.3 Å². The van der Waals surface area contributed by atoms with Crippen molar-refractivity contribution in [3.05, 3.63) is 23.2 Å². The van der Waals surface area contributed by atoms with E-state index in [2.05, 4.69) is 29.8 Å². The van der Waals surface area contributed by atoms with Crippen molar-refractivity contribution in [1.29, 1.82) is 0 Å². The number of amides is 3. The molecule has 2 rings (SSSR count). The van der Waals surface area contributed by atoms with Gasteiger partial charge in [-0.15, -0.1) is 0 Å². The molecule has 3 amide bonds. The van der Waals surface area contributed by atoms with Crippen LogP contribution in [0, 0.1) is 5.92 Å². The van der Waals surface area contributed by atoms with Gasteiger partial charge in [-0.05, 0) is 30.5 Å². The zero-order valence-electron chi connectivity index (χ0n) is 15.6. The number of halogens is 1. The molecule has 144 valence electrons. The molecule has 1 fully saturated rings. The van der Waals surface area contributed by atoms with Crippen LogP contribution < -0.4 is 20.9 Å². The molecule has 0 aliphatic carbocycles. The molecule has 1 aliphatic rings. The molecule has 1 saturated heterocycles. The van der Waals surface area contributed by atoms with Crippen molar-refractivity contribution < 1.29 is 9.59 Å². The summed E-state index contributed by atoms with van der Waals surface area (Å²) in [6.45, 7) is 6.62. The topological polar surface area (TPSA) is 73.5 Å². The highest BCUT2D eigenvalue weighted by atomic mass is 35.5. The maximum atomic E-state index is 12.1. The number of hydrogen-bond acceptors (Lipinski definition) is 3. The number of anilines is 2. The monoisotopic (exact) mass is 380 g/mol. The average molecular weight is 381 g/mol. The summed E-state index contributed by atoms with van der Waals surface area (Å²) in [5.74, 6) is 0.499. The lowest BCUT2D eigenvalue weighted by Gasteiger charge is -2.29. The largest absolute Gasteiger partial charge is 0.359 e. The van der Waals surface area contributed by atoms with E-state index in [0.717, 1.165) is 25.1 Å². The van der Waals surface area contributed by atoms with Gasteiger partial charge in [-0.2, -0.15) is 0 Å². The van der Waals surface area contributed by atoms with E-state index < -0.39 is 0 Å². The Kier molecular flexibility index (Phi) is 8.04. The smallest absolute Gasteiger partial charge is 0.319 e. The van der Waals surface area contributed by atoms with Crippen LogP contribution in [0.3, 0.4) is 0 Å². The Labute approximate surface area is 160 Å². The summed E-state index contributed by atoms with van der Waals surface area (Å²) in [6, 6.07) is 5.15. The molecule has 1 aliphatic heterocycles. The van der Waals surface area contributed by atoms with Crippen LogP contribution in [0.4, 0.5) is 16.2 Å². The number of nitrogens with one attached hydrogen (secondary N) is 3. The molecule has 26 heavy (non-hydrogen) atoms. The number of unbranched alkanes of at least 4 members (excludes halogenated alkanes) is 1. The van der Waals surface area contributed by atoms with Gasteiger partial charge in [0.15, 0.2) is 0 Å². The van der Waals surface area contributed by atoms with Crippen molar-refractivity contribution >= 4 is 34.9 Å². The Bertz CT molecular complexity index is 624. The first-order chi connectivity index (χ1) is 12.5. The van der Waals surface area contributed by atoms with Crippen LogP contribution >= 0.6 is 11.6 Å². The number of benzene rings is 1. The van der Waals surface area contributed by atoms with Crippen molar-refractivity contribution in [1.82, 2.24) is 10.6 Å². The van der Waals surface area contributed by atoms with E-state index in [1.807, 2.05) is 17.0 Å². The highest BCUT2D eigenvalue weighted by molar-refractivity contribution is 6.33. The standard InChI is InChI=1S/C19H29ClN4O2/c1-3-5-6-14(4-2)12-22-19(26)23-15-7-8-17(16(20)11-15)24-10-9-21-18(25)13-24/h7-8,11,14H,3-6,9-10,12-13H2,1-2H3,(H,21,25)(H2,22,23,26). The van der Waals surface area contributed by atoms with E-state index >= 15 is 0 Å². The fourth-order valence-corrected chi connectivity index (χ4v) is 3.34. The molecule has 1 aromatic rings. The van der Waals surface area contributed by atoms with Gasteiger partial charge in [0.1, 0.15) is 0 Å². The predicted octanol–water partition coefficient (Wildman–Crippen LogP) is 3.61. The maximum Gasteiger partial charge on any atom is 0.319 e. The van der Waals surface area contributed by atoms with Gasteiger partial charge < -0.3 is 20.9 Å². The van der Waals surface area contributed by atoms with E-state index in [0.29, 0.717) is 36.3 Å². The third-order valence-electron chi connectivity index (χ3n) is 4.68. The van der Waals surface area contributed by atoms with E-state index in [9.17, 15) is 9.59 Å². The molecule has 1 heterocycles. The fraction of sp³-hybridized carbons (Fsp3) is 0.579. The van der Waals surface area contributed by atoms with Crippen molar-refractivity contribution in [2.24, 2.45) is 5.92 Å². The van der Waals surface area contributed by atoms with E-state index in [1.165, 1.54) is 12.8 Å². The molecule has 0 aromatic heterocycles. The molecule has 1 aromatic carbocycles. The normalized spacial score (nSPS) is 15.3. The van der Waals surface area contributed by atoms with Gasteiger partial charge >= 0.3 is 6.03 Å². The number of nitrogens with zero attached hydrogens (tertiary/aromatic N) is 1. The summed E-state index contributed by atoms with van der Waals surface area (Å²) in [5, 5.41) is 9.07. The molecule has 3 N–H and O–H groups in total. The summed E-state index contributed by atoms with van der Waals surface area (Å²) in [7, 11) is 0. The summed E-state index contributed by atoms with van der Waals surface area (Å²) in [5.41, 5.74) is 1.44. The molecule has 1 unspecified atom stereocenters. The fourth-order valence-electron chi connectivity index (χ4n) is 3.04. The highest BCUT2D eigenvalue weighted by Gasteiger charge is 2.19. The number of rotatable bonds is 8. The third-order valence-corrected chi connectivity index (χ3v) is 4.98. The molecule has 1 atom stereocenters. The van der Waals surface area contributed by atoms with E-state index in [-0.39, 0.29) is 11.9 Å². The quantitative estimate of drug-likeness (QED) is 0.645. The zero-order chi connectivity index (χ0) is 18.9. The minimum atomic E-state index is -0.221. The van der Waals surface area contributed by atoms with E-state index in [4.69, 9.17) is 11.6 Å². The molecule has 6 nitrogen and oxygen atoms in total. The Morgan fingerprint density at radius 2 is 2.19 bits per heavy atom. The summed E-state index contributed by atoms with van der Waals surface area (Å²) < 4.78 is 0. The molecule has 0 spiro atoms. The minimum absolute atomic E-state index is 0.0116. The zero-order valence-corrected chi connectivity index (χ0v) is 16.4. The predicted molar refractivity (Wildman–Crippen MR) is 107 cm³/mol. The van der Waals surface area contributed by atoms with Crippen LogP contribution in [0.25, 0.3) is 0 Å². The molecule has 0 saturated carbocycles. The first-order valence-electron chi connectivity index (χ1n) is 9.39. The number of carbonyl (C=O) groups excluding carboxylic acids is 2. The van der Waals surface area contributed by atoms with Gasteiger partial charge in [0.2, 0.25) is 5.91 Å². The van der Waals surface area contributed by atoms with Gasteiger partial charge in [0.25, 0.3) is 0 Å². The van der Waals surface area contributed by atoms with Gasteiger partial charge in [-0.3, -0.25) is 4.79 Å². The lowest BCUT2D eigenvalue weighted by atomic mass is 9.99. The highest BCUT2D eigenvalue weighted by Crippen LogP contribution is 2.29. The summed E-state index contributed by atoms with van der Waals surface area (Å²) in [6.07, 6.45) is 4.56. The summed E-state index contributed by atoms with van der Waals surface area (Å²) in [4.78, 5) is 25.6. The van der Waals surface area contributed by atoms with Gasteiger partial charge in [-0.25, -0.2) is 4.79 Å². The number of piperazine rings is 1. The number of urea groups is 1. The Morgan fingerprint density at radius 3 is 2.85 bits per heavy atom. The van der Waals surface area contributed by atoms with Gasteiger partial charge in [0.05, 0.1) is 17.3 Å². The second-order valence-electron chi connectivity index (χ2n) is 6.69. The van der Waals surface area contributed by atoms with Crippen LogP contribution in [0.1, 0.15) is 39.5 Å². The van der Waals surface area contributed by atoms with Crippen molar-refractivity contribution in [2.45, 2.75) is 39.5 Å². The van der Waals surface area contributed by atoms with Gasteiger partial charge in [-0.1, -0.05) is 44.7 Å². The van der Waals surface area contributed by atoms with Crippen LogP contribution in [-0.4, -0.2) is 38.1 Å². The molecule has 0 radical (unpaired) electrons. The Hall–Kier alpha value is -1.95. The van der Waals surface area contributed by atoms with Crippen molar-refractivity contribution in [3.8, 4) is 0 Å². The molecular weight excluding hydrogens is 352 g/mol. The molecule has 7 heteroatoms. The second-order valence-corrected chi connectivity index (χ2v) is 7.10. The number of hydrogen-bond donors (Lipinski definition) is 3. The first-order valence-corrected chi connectivity index (χ1v) is 9.77. The van der Waals surface area contributed by atoms with Crippen LogP contribution in [0.15, 0.2) is 18.2 Å². The molecule has 0 bridgehead atoms. The Morgan fingerprint density at radius 1 is 1.38 bits per heavy atom. The van der Waals surface area contributed by atoms with Crippen LogP contribution in [-0.2, 0) is 4.79 Å². The number of carbonyl (C=O) groups is 2. The minimum Gasteiger partial charge on any atom is -0.359 e. The second kappa shape index (κ2) is 10.3. The van der Waals surface area contributed by atoms with Crippen molar-refractivity contribution in [2.75, 3.05) is 36.4 Å². The molecular formula is C19H29ClN4O2. The first kappa shape index (κ1) is 20.4. The lowest BCUT2D eigenvalue weighted by Crippen LogP contribution is -2.47. The summed E-state index contributed by atoms with van der Waals surface area (Å²) >= 11 is 6.36. The Balaban J connectivity index is 1.88. The third kappa shape index (κ3) is 6.09. The average Bonchev–Trinajstić information content (AvgIpc) is 2.62. The van der Waals surface area contributed by atoms with E-state index in [1.54, 1.807) is 6.07 Å². The van der Waals surface area contributed by atoms with Crippen LogP contribution in [0.5, 0.6) is 0 Å². The SMILES string of the molecule is CCCCC(CC)CNC(=O)Nc1ccc(N2CCNC(=O)C2)c(Cl)c1.